The van der Waals surface area contributed by atoms with E-state index in [9.17, 15) is 18.4 Å². The molecule has 11 heteroatoms. The van der Waals surface area contributed by atoms with Gasteiger partial charge in [0.25, 0.3) is 11.8 Å². The number of aryl methyl sites for hydroxylation is 1. The number of hydrogen-bond donors (Lipinski definition) is 3. The molecule has 2 heterocycles. The number of pyridine rings is 1. The molecule has 8 nitrogen and oxygen atoms in total. The zero-order valence-electron chi connectivity index (χ0n) is 21.8. The molecule has 40 heavy (non-hydrogen) atoms. The van der Waals surface area contributed by atoms with Crippen LogP contribution in [0.5, 0.6) is 5.75 Å². The largest absolute Gasteiger partial charge is 0.496 e. The molecule has 5 rings (SSSR count). The fraction of sp³-hybridized carbons (Fsp3) is 0.207. The van der Waals surface area contributed by atoms with E-state index in [1.807, 2.05) is 11.6 Å². The Bertz CT molecular complexity index is 1680. The number of anilines is 2. The minimum Gasteiger partial charge on any atom is -0.496 e. The van der Waals surface area contributed by atoms with Gasteiger partial charge in [-0.2, -0.15) is 0 Å². The molecule has 0 atom stereocenters. The zero-order chi connectivity index (χ0) is 28.8. The van der Waals surface area contributed by atoms with Gasteiger partial charge in [0.1, 0.15) is 17.2 Å². The highest BCUT2D eigenvalue weighted by Crippen LogP contribution is 2.45. The first-order valence-corrected chi connectivity index (χ1v) is 13.2. The highest BCUT2D eigenvalue weighted by atomic mass is 79.9. The monoisotopic (exact) mass is 609 g/mol. The van der Waals surface area contributed by atoms with Gasteiger partial charge in [0, 0.05) is 24.5 Å². The number of carbonyl (C=O) groups excluding carboxylic acids is 2. The Labute approximate surface area is 237 Å². The number of aromatic nitrogens is 2. The van der Waals surface area contributed by atoms with E-state index in [4.69, 9.17) is 10.5 Å². The van der Waals surface area contributed by atoms with Gasteiger partial charge in [-0.3, -0.25) is 9.59 Å². The quantitative estimate of drug-likeness (QED) is 0.215. The first-order valence-electron chi connectivity index (χ1n) is 12.4. The number of nitrogens with zero attached hydrogens (tertiary/aromatic N) is 2. The van der Waals surface area contributed by atoms with Gasteiger partial charge in [0.05, 0.1) is 40.3 Å². The van der Waals surface area contributed by atoms with E-state index in [2.05, 4.69) is 38.1 Å². The smallest absolute Gasteiger partial charge is 0.283 e. The summed E-state index contributed by atoms with van der Waals surface area (Å²) in [5, 5.41) is 5.79. The van der Waals surface area contributed by atoms with Gasteiger partial charge in [-0.1, -0.05) is 24.8 Å². The minimum atomic E-state index is -1.32. The Balaban J connectivity index is 1.63. The minimum absolute atomic E-state index is 0.0453. The summed E-state index contributed by atoms with van der Waals surface area (Å²) in [5.74, 6) is -1.82. The van der Waals surface area contributed by atoms with Crippen LogP contribution in [-0.4, -0.2) is 40.7 Å². The number of methoxy groups -OCH3 is 1. The van der Waals surface area contributed by atoms with E-state index < -0.39 is 23.3 Å². The van der Waals surface area contributed by atoms with Crippen molar-refractivity contribution in [2.75, 3.05) is 24.7 Å². The Hall–Kier alpha value is -4.25. The molecule has 2 aromatic heterocycles. The summed E-state index contributed by atoms with van der Waals surface area (Å²) >= 11 is 3.59. The molecule has 1 saturated carbocycles. The van der Waals surface area contributed by atoms with E-state index in [-0.39, 0.29) is 12.1 Å². The van der Waals surface area contributed by atoms with Crippen LogP contribution in [0.2, 0.25) is 0 Å². The van der Waals surface area contributed by atoms with Crippen LogP contribution < -0.4 is 21.1 Å². The van der Waals surface area contributed by atoms with Crippen LogP contribution in [0.25, 0.3) is 33.3 Å². The molecule has 0 spiro atoms. The van der Waals surface area contributed by atoms with Crippen molar-refractivity contribution in [3.8, 4) is 28.1 Å². The van der Waals surface area contributed by atoms with Gasteiger partial charge < -0.3 is 25.7 Å². The van der Waals surface area contributed by atoms with Crippen molar-refractivity contribution >= 4 is 50.2 Å². The van der Waals surface area contributed by atoms with Gasteiger partial charge in [0.2, 0.25) is 0 Å². The van der Waals surface area contributed by atoms with Gasteiger partial charge in [-0.15, -0.1) is 0 Å². The number of hydrogen-bond acceptors (Lipinski definition) is 5. The third kappa shape index (κ3) is 5.04. The lowest BCUT2D eigenvalue weighted by Gasteiger charge is -2.14. The SMILES string of the molecule is C=C(F)C(=O)Nc1ccc(-c2c(-c3ccc(C(=O)NCC4(F)CC4)c(OC)c3)c3c(N)ncc(Br)c3n2C)cc1. The van der Waals surface area contributed by atoms with Crippen LogP contribution in [0.1, 0.15) is 23.2 Å². The van der Waals surface area contributed by atoms with E-state index in [0.29, 0.717) is 41.0 Å². The first kappa shape index (κ1) is 27.3. The normalized spacial score (nSPS) is 13.6. The van der Waals surface area contributed by atoms with Gasteiger partial charge in [-0.05, 0) is 64.2 Å². The van der Waals surface area contributed by atoms with E-state index in [1.54, 1.807) is 48.7 Å². The van der Waals surface area contributed by atoms with Crippen molar-refractivity contribution in [3.05, 3.63) is 71.1 Å². The van der Waals surface area contributed by atoms with Crippen molar-refractivity contribution in [3.63, 3.8) is 0 Å². The van der Waals surface area contributed by atoms with Crippen molar-refractivity contribution in [1.82, 2.24) is 14.9 Å². The summed E-state index contributed by atoms with van der Waals surface area (Å²) in [6, 6.07) is 12.0. The van der Waals surface area contributed by atoms with Crippen molar-refractivity contribution in [2.24, 2.45) is 7.05 Å². The lowest BCUT2D eigenvalue weighted by Crippen LogP contribution is -2.31. The number of amides is 2. The summed E-state index contributed by atoms with van der Waals surface area (Å²) in [6.07, 6.45) is 2.51. The number of benzene rings is 2. The first-order chi connectivity index (χ1) is 19.0. The summed E-state index contributed by atoms with van der Waals surface area (Å²) in [7, 11) is 3.35. The molecule has 206 valence electrons. The number of nitrogens with two attached hydrogens (primary N) is 1. The second-order valence-electron chi connectivity index (χ2n) is 9.68. The number of nitrogens with one attached hydrogen (secondary N) is 2. The lowest BCUT2D eigenvalue weighted by atomic mass is 9.96. The summed E-state index contributed by atoms with van der Waals surface area (Å²) in [5.41, 5.74) is 9.53. The lowest BCUT2D eigenvalue weighted by molar-refractivity contribution is -0.114. The summed E-state index contributed by atoms with van der Waals surface area (Å²) in [6.45, 7) is 2.97. The third-order valence-electron chi connectivity index (χ3n) is 6.95. The molecule has 1 aliphatic rings. The average molecular weight is 610 g/mol. The highest BCUT2D eigenvalue weighted by molar-refractivity contribution is 9.10. The fourth-order valence-corrected chi connectivity index (χ4v) is 5.24. The predicted octanol–water partition coefficient (Wildman–Crippen LogP) is 5.91. The number of fused-ring (bicyclic) bond motifs is 1. The zero-order valence-corrected chi connectivity index (χ0v) is 23.4. The molecule has 1 fully saturated rings. The van der Waals surface area contributed by atoms with Crippen molar-refractivity contribution < 1.29 is 23.1 Å². The van der Waals surface area contributed by atoms with Crippen LogP contribution in [0.4, 0.5) is 20.3 Å². The van der Waals surface area contributed by atoms with E-state index in [1.165, 1.54) is 7.11 Å². The molecule has 1 aliphatic carbocycles. The summed E-state index contributed by atoms with van der Waals surface area (Å²) in [4.78, 5) is 28.9. The fourth-order valence-electron chi connectivity index (χ4n) is 4.67. The summed E-state index contributed by atoms with van der Waals surface area (Å²) < 4.78 is 35.5. The molecule has 2 amide bonds. The van der Waals surface area contributed by atoms with Crippen LogP contribution in [0, 0.1) is 0 Å². The number of carbonyl (C=O) groups is 2. The van der Waals surface area contributed by atoms with E-state index in [0.717, 1.165) is 26.8 Å². The standard InChI is InChI=1S/C29H26BrF2N5O3/c1-15(31)27(38)36-18-7-4-16(5-8-18)24-22(23-25(37(24)2)20(30)13-34-26(23)33)17-6-9-19(21(12-17)40-3)28(39)35-14-29(32)10-11-29/h4-9,12-13H,1,10-11,14H2,2-3H3,(H2,33,34)(H,35,39)(H,36,38). The molecule has 0 bridgehead atoms. The van der Waals surface area contributed by atoms with Gasteiger partial charge in [0.15, 0.2) is 5.83 Å². The maximum Gasteiger partial charge on any atom is 0.283 e. The molecule has 2 aromatic carbocycles. The molecule has 4 aromatic rings. The molecule has 0 saturated heterocycles. The maximum absolute atomic E-state index is 14.1. The average Bonchev–Trinajstić information content (AvgIpc) is 3.59. The number of ether oxygens (including phenoxy) is 1. The molecule has 0 aliphatic heterocycles. The van der Waals surface area contributed by atoms with Crippen LogP contribution in [-0.2, 0) is 11.8 Å². The highest BCUT2D eigenvalue weighted by Gasteiger charge is 2.43. The number of rotatable bonds is 8. The Kier molecular flexibility index (Phi) is 7.09. The van der Waals surface area contributed by atoms with Crippen molar-refractivity contribution in [1.29, 1.82) is 0 Å². The second kappa shape index (κ2) is 10.4. The Morgan fingerprint density at radius 2 is 1.88 bits per heavy atom. The topological polar surface area (TPSA) is 111 Å². The second-order valence-corrected chi connectivity index (χ2v) is 10.5. The molecular weight excluding hydrogens is 584 g/mol. The van der Waals surface area contributed by atoms with Crippen LogP contribution >= 0.6 is 15.9 Å². The number of alkyl halides is 1. The van der Waals surface area contributed by atoms with Gasteiger partial charge >= 0.3 is 0 Å². The Morgan fingerprint density at radius 1 is 1.20 bits per heavy atom. The van der Waals surface area contributed by atoms with E-state index >= 15 is 0 Å². The molecule has 0 radical (unpaired) electrons. The van der Waals surface area contributed by atoms with Crippen molar-refractivity contribution in [2.45, 2.75) is 18.5 Å². The number of halogens is 3. The maximum atomic E-state index is 14.1. The molecule has 0 unspecified atom stereocenters. The molecular formula is C29H26BrF2N5O3. The third-order valence-corrected chi connectivity index (χ3v) is 7.53. The van der Waals surface area contributed by atoms with Crippen LogP contribution in [0.3, 0.4) is 0 Å². The molecule has 4 N–H and O–H groups in total. The Morgan fingerprint density at radius 3 is 2.50 bits per heavy atom. The van der Waals surface area contributed by atoms with Crippen LogP contribution in [0.15, 0.2) is 65.5 Å². The number of nitrogen functional groups attached to an aromatic ring is 1. The predicted molar refractivity (Wildman–Crippen MR) is 155 cm³/mol. The van der Waals surface area contributed by atoms with Gasteiger partial charge in [-0.25, -0.2) is 13.8 Å².